The third-order valence-electron chi connectivity index (χ3n) is 3.80. The summed E-state index contributed by atoms with van der Waals surface area (Å²) in [4.78, 5) is 35.7. The molecule has 0 unspecified atom stereocenters. The molecule has 0 aliphatic rings. The second-order valence-electron chi connectivity index (χ2n) is 5.92. The molecule has 0 aliphatic carbocycles. The Bertz CT molecular complexity index is 799. The van der Waals surface area contributed by atoms with Crippen molar-refractivity contribution in [1.82, 2.24) is 0 Å². The van der Waals surface area contributed by atoms with Crippen molar-refractivity contribution in [2.45, 2.75) is 19.8 Å². The van der Waals surface area contributed by atoms with Crippen molar-refractivity contribution in [3.8, 4) is 5.75 Å². The van der Waals surface area contributed by atoms with Crippen LogP contribution in [-0.4, -0.2) is 38.2 Å². The van der Waals surface area contributed by atoms with E-state index < -0.39 is 24.5 Å². The summed E-state index contributed by atoms with van der Waals surface area (Å²) in [5, 5.41) is 2.60. The molecule has 0 bridgehead atoms. The number of methoxy groups -OCH3 is 1. The highest BCUT2D eigenvalue weighted by Crippen LogP contribution is 2.13. The fourth-order valence-corrected chi connectivity index (χ4v) is 2.22. The van der Waals surface area contributed by atoms with Crippen molar-refractivity contribution < 1.29 is 28.6 Å². The van der Waals surface area contributed by atoms with Gasteiger partial charge in [0.2, 0.25) is 0 Å². The third-order valence-corrected chi connectivity index (χ3v) is 3.80. The normalized spacial score (nSPS) is 10.1. The van der Waals surface area contributed by atoms with Crippen LogP contribution in [0.1, 0.15) is 40.5 Å². The van der Waals surface area contributed by atoms with Gasteiger partial charge in [0.05, 0.1) is 24.8 Å². The number of unbranched alkanes of at least 4 members (excludes halogenated alkanes) is 1. The van der Waals surface area contributed by atoms with Gasteiger partial charge in [-0.3, -0.25) is 4.79 Å². The van der Waals surface area contributed by atoms with E-state index in [9.17, 15) is 14.4 Å². The van der Waals surface area contributed by atoms with Crippen molar-refractivity contribution in [2.24, 2.45) is 0 Å². The lowest BCUT2D eigenvalue weighted by molar-refractivity contribution is -0.119. The summed E-state index contributed by atoms with van der Waals surface area (Å²) in [7, 11) is 1.53. The highest BCUT2D eigenvalue weighted by molar-refractivity contribution is 5.96. The summed E-state index contributed by atoms with van der Waals surface area (Å²) in [6.07, 6.45) is 1.76. The van der Waals surface area contributed by atoms with E-state index in [0.717, 1.165) is 12.8 Å². The van der Waals surface area contributed by atoms with Gasteiger partial charge in [0.25, 0.3) is 5.91 Å². The van der Waals surface area contributed by atoms with Crippen LogP contribution in [-0.2, 0) is 14.3 Å². The molecule has 0 aliphatic heterocycles. The smallest absolute Gasteiger partial charge is 0.338 e. The van der Waals surface area contributed by atoms with Gasteiger partial charge in [-0.15, -0.1) is 0 Å². The van der Waals surface area contributed by atoms with Crippen LogP contribution in [0, 0.1) is 0 Å². The Morgan fingerprint density at radius 3 is 2.00 bits per heavy atom. The molecule has 0 fully saturated rings. The molecule has 2 rings (SSSR count). The van der Waals surface area contributed by atoms with E-state index in [4.69, 9.17) is 14.2 Å². The van der Waals surface area contributed by atoms with Gasteiger partial charge in [-0.25, -0.2) is 9.59 Å². The number of amides is 1. The fourth-order valence-electron chi connectivity index (χ4n) is 2.22. The van der Waals surface area contributed by atoms with E-state index in [-0.39, 0.29) is 0 Å². The van der Waals surface area contributed by atoms with Crippen LogP contribution in [0.5, 0.6) is 5.75 Å². The maximum atomic E-state index is 11.9. The first kappa shape index (κ1) is 21.0. The molecule has 7 nitrogen and oxygen atoms in total. The molecule has 148 valence electrons. The molecule has 0 heterocycles. The van der Waals surface area contributed by atoms with Gasteiger partial charge >= 0.3 is 11.9 Å². The first-order chi connectivity index (χ1) is 13.5. The van der Waals surface area contributed by atoms with Crippen LogP contribution in [0.15, 0.2) is 48.5 Å². The standard InChI is InChI=1S/C21H23NO6/c1-3-4-13-27-20(24)15-5-9-17(10-6-15)22-19(23)14-28-21(25)16-7-11-18(26-2)12-8-16/h5-12H,3-4,13-14H2,1-2H3,(H,22,23). The first-order valence-corrected chi connectivity index (χ1v) is 8.91. The Kier molecular flexibility index (Phi) is 8.02. The summed E-state index contributed by atoms with van der Waals surface area (Å²) < 4.78 is 15.1. The van der Waals surface area contributed by atoms with E-state index in [1.165, 1.54) is 7.11 Å². The zero-order valence-corrected chi connectivity index (χ0v) is 15.9. The molecule has 0 radical (unpaired) electrons. The minimum Gasteiger partial charge on any atom is -0.497 e. The average Bonchev–Trinajstić information content (AvgIpc) is 2.72. The first-order valence-electron chi connectivity index (χ1n) is 8.91. The van der Waals surface area contributed by atoms with E-state index in [1.54, 1.807) is 48.5 Å². The molecular formula is C21H23NO6. The number of ether oxygens (including phenoxy) is 3. The Morgan fingerprint density at radius 1 is 0.857 bits per heavy atom. The van der Waals surface area contributed by atoms with Crippen molar-refractivity contribution in [3.63, 3.8) is 0 Å². The van der Waals surface area contributed by atoms with Crippen molar-refractivity contribution in [3.05, 3.63) is 59.7 Å². The Hall–Kier alpha value is -3.35. The number of hydrogen-bond acceptors (Lipinski definition) is 6. The molecule has 28 heavy (non-hydrogen) atoms. The van der Waals surface area contributed by atoms with E-state index in [2.05, 4.69) is 5.32 Å². The summed E-state index contributed by atoms with van der Waals surface area (Å²) in [6.45, 7) is 1.97. The zero-order valence-electron chi connectivity index (χ0n) is 15.9. The van der Waals surface area contributed by atoms with Gasteiger partial charge in [-0.1, -0.05) is 13.3 Å². The van der Waals surface area contributed by atoms with Crippen LogP contribution < -0.4 is 10.1 Å². The maximum Gasteiger partial charge on any atom is 0.338 e. The van der Waals surface area contributed by atoms with E-state index in [1.807, 2.05) is 6.92 Å². The molecule has 0 saturated carbocycles. The predicted molar refractivity (Wildman–Crippen MR) is 104 cm³/mol. The minimum absolute atomic E-state index is 0.319. The molecule has 7 heteroatoms. The number of carbonyl (C=O) groups is 3. The number of rotatable bonds is 9. The van der Waals surface area contributed by atoms with Gasteiger partial charge in [0, 0.05) is 5.69 Å². The van der Waals surface area contributed by atoms with E-state index in [0.29, 0.717) is 29.2 Å². The SMILES string of the molecule is CCCCOC(=O)c1ccc(NC(=O)COC(=O)c2ccc(OC)cc2)cc1. The molecule has 0 spiro atoms. The molecular weight excluding hydrogens is 362 g/mol. The summed E-state index contributed by atoms with van der Waals surface area (Å²) in [6, 6.07) is 12.7. The van der Waals surface area contributed by atoms with Gasteiger partial charge in [-0.05, 0) is 55.0 Å². The Morgan fingerprint density at radius 2 is 1.43 bits per heavy atom. The molecule has 1 N–H and O–H groups in total. The topological polar surface area (TPSA) is 90.9 Å². The monoisotopic (exact) mass is 385 g/mol. The zero-order chi connectivity index (χ0) is 20.4. The predicted octanol–water partition coefficient (Wildman–Crippen LogP) is 3.45. The summed E-state index contributed by atoms with van der Waals surface area (Å²) in [5.41, 5.74) is 1.20. The van der Waals surface area contributed by atoms with Gasteiger partial charge in [0.15, 0.2) is 6.61 Å². The number of hydrogen-bond donors (Lipinski definition) is 1. The fraction of sp³-hybridized carbons (Fsp3) is 0.286. The van der Waals surface area contributed by atoms with Gasteiger partial charge < -0.3 is 19.5 Å². The second kappa shape index (κ2) is 10.7. The minimum atomic E-state index is -0.608. The molecule has 0 saturated heterocycles. The van der Waals surface area contributed by atoms with Crippen LogP contribution in [0.2, 0.25) is 0 Å². The summed E-state index contributed by atoms with van der Waals surface area (Å²) in [5.74, 6) is -0.880. The lowest BCUT2D eigenvalue weighted by Gasteiger charge is -2.08. The molecule has 2 aromatic rings. The highest BCUT2D eigenvalue weighted by Gasteiger charge is 2.11. The Balaban J connectivity index is 1.80. The number of carbonyl (C=O) groups excluding carboxylic acids is 3. The molecule has 0 atom stereocenters. The third kappa shape index (κ3) is 6.42. The van der Waals surface area contributed by atoms with Crippen molar-refractivity contribution >= 4 is 23.5 Å². The molecule has 1 amide bonds. The number of benzene rings is 2. The number of esters is 2. The van der Waals surface area contributed by atoms with Crippen LogP contribution in [0.4, 0.5) is 5.69 Å². The van der Waals surface area contributed by atoms with Crippen molar-refractivity contribution in [1.29, 1.82) is 0 Å². The van der Waals surface area contributed by atoms with Crippen LogP contribution in [0.3, 0.4) is 0 Å². The van der Waals surface area contributed by atoms with Gasteiger partial charge in [0.1, 0.15) is 5.75 Å². The van der Waals surface area contributed by atoms with Crippen LogP contribution in [0.25, 0.3) is 0 Å². The quantitative estimate of drug-likeness (QED) is 0.525. The molecule has 0 aromatic heterocycles. The second-order valence-corrected chi connectivity index (χ2v) is 5.92. The van der Waals surface area contributed by atoms with Gasteiger partial charge in [-0.2, -0.15) is 0 Å². The number of nitrogens with one attached hydrogen (secondary N) is 1. The maximum absolute atomic E-state index is 11.9. The lowest BCUT2D eigenvalue weighted by Crippen LogP contribution is -2.21. The molecule has 2 aromatic carbocycles. The van der Waals surface area contributed by atoms with E-state index >= 15 is 0 Å². The highest BCUT2D eigenvalue weighted by atomic mass is 16.5. The average molecular weight is 385 g/mol. The van der Waals surface area contributed by atoms with Crippen LogP contribution >= 0.6 is 0 Å². The van der Waals surface area contributed by atoms with Crippen molar-refractivity contribution in [2.75, 3.05) is 25.6 Å². The summed E-state index contributed by atoms with van der Waals surface area (Å²) >= 11 is 0. The lowest BCUT2D eigenvalue weighted by atomic mass is 10.2. The largest absolute Gasteiger partial charge is 0.497 e. The number of anilines is 1. The Labute approximate surface area is 163 Å².